The Morgan fingerprint density at radius 3 is 1.30 bits per heavy atom. The summed E-state index contributed by atoms with van der Waals surface area (Å²) in [6.45, 7) is 0. The lowest BCUT2D eigenvalue weighted by Crippen LogP contribution is -2.62. The van der Waals surface area contributed by atoms with Gasteiger partial charge in [-0.1, -0.05) is 85.0 Å². The summed E-state index contributed by atoms with van der Waals surface area (Å²) in [5.41, 5.74) is 0.201. The van der Waals surface area contributed by atoms with E-state index in [9.17, 15) is 24.0 Å². The second kappa shape index (κ2) is 13.6. The molecular weight excluding hydrogens is 686 g/mol. The van der Waals surface area contributed by atoms with Crippen LogP contribution in [-0.2, 0) is 28.7 Å². The molecule has 11 heteroatoms. The zero-order chi connectivity index (χ0) is 37.7. The van der Waals surface area contributed by atoms with Crippen molar-refractivity contribution in [2.24, 2.45) is 23.7 Å². The molecular formula is C43H37N3O8. The van der Waals surface area contributed by atoms with Gasteiger partial charge in [0.05, 0.1) is 56.4 Å². The minimum atomic E-state index is -2.03. The van der Waals surface area contributed by atoms with Crippen LogP contribution in [0.1, 0.15) is 11.1 Å². The van der Waals surface area contributed by atoms with Gasteiger partial charge in [-0.25, -0.2) is 14.6 Å². The number of carbonyl (C=O) groups is 5. The molecule has 0 unspecified atom stereocenters. The number of benzene rings is 4. The van der Waals surface area contributed by atoms with Crippen LogP contribution in [0.2, 0.25) is 0 Å². The molecule has 0 radical (unpaired) electrons. The van der Waals surface area contributed by atoms with Gasteiger partial charge in [-0.05, 0) is 59.7 Å². The fourth-order valence-electron chi connectivity index (χ4n) is 9.01. The molecule has 0 saturated carbocycles. The lowest BCUT2D eigenvalue weighted by molar-refractivity contribution is -0.162. The Balaban J connectivity index is 1.35. The molecule has 4 aromatic rings. The molecule has 4 heterocycles. The molecule has 0 spiro atoms. The number of para-hydroxylation sites is 2. The van der Waals surface area contributed by atoms with E-state index in [1.165, 1.54) is 7.11 Å². The van der Waals surface area contributed by atoms with Crippen LogP contribution in [0.25, 0.3) is 12.2 Å². The highest BCUT2D eigenvalue weighted by molar-refractivity contribution is 6.28. The van der Waals surface area contributed by atoms with E-state index in [1.54, 1.807) is 116 Å². The topological polar surface area (TPSA) is 123 Å². The van der Waals surface area contributed by atoms with Gasteiger partial charge in [0.2, 0.25) is 23.6 Å². The number of fused-ring (bicyclic) bond motifs is 5. The zero-order valence-electron chi connectivity index (χ0n) is 29.8. The van der Waals surface area contributed by atoms with E-state index < -0.39 is 70.9 Å². The van der Waals surface area contributed by atoms with E-state index in [1.807, 2.05) is 36.4 Å². The van der Waals surface area contributed by atoms with Crippen molar-refractivity contribution in [2.45, 2.75) is 17.6 Å². The summed E-state index contributed by atoms with van der Waals surface area (Å²) in [5.74, 6) is -6.75. The highest BCUT2D eigenvalue weighted by Gasteiger charge is 2.83. The summed E-state index contributed by atoms with van der Waals surface area (Å²) >= 11 is 0. The summed E-state index contributed by atoms with van der Waals surface area (Å²) in [5, 5.41) is 0. The molecule has 11 nitrogen and oxygen atoms in total. The molecule has 54 heavy (non-hydrogen) atoms. The van der Waals surface area contributed by atoms with Crippen molar-refractivity contribution < 1.29 is 38.2 Å². The molecule has 4 aromatic carbocycles. The van der Waals surface area contributed by atoms with Crippen molar-refractivity contribution in [1.29, 1.82) is 0 Å². The van der Waals surface area contributed by atoms with Crippen LogP contribution in [-0.4, -0.2) is 73.4 Å². The van der Waals surface area contributed by atoms with E-state index in [4.69, 9.17) is 14.2 Å². The number of rotatable bonds is 9. The Labute approximate surface area is 312 Å². The van der Waals surface area contributed by atoms with E-state index >= 15 is 0 Å². The highest BCUT2D eigenvalue weighted by atomic mass is 16.5. The predicted octanol–water partition coefficient (Wildman–Crippen LogP) is 5.02. The minimum absolute atomic E-state index is 0.344. The number of nitrogens with zero attached hydrogens (tertiary/aromatic N) is 3. The van der Waals surface area contributed by atoms with Crippen LogP contribution in [0, 0.1) is 23.7 Å². The summed E-state index contributed by atoms with van der Waals surface area (Å²) in [4.78, 5) is 78.1. The maximum Gasteiger partial charge on any atom is 0.328 e. The maximum atomic E-state index is 14.9. The predicted molar refractivity (Wildman–Crippen MR) is 200 cm³/mol. The number of hydrogen-bond donors (Lipinski definition) is 0. The fraction of sp³-hybridized carbons (Fsp3) is 0.233. The van der Waals surface area contributed by atoms with Crippen molar-refractivity contribution >= 4 is 53.1 Å². The van der Waals surface area contributed by atoms with E-state index in [0.29, 0.717) is 22.9 Å². The third-order valence-corrected chi connectivity index (χ3v) is 11.2. The third-order valence-electron chi connectivity index (χ3n) is 11.2. The molecule has 0 aromatic heterocycles. The van der Waals surface area contributed by atoms with Crippen molar-refractivity contribution in [3.63, 3.8) is 0 Å². The Morgan fingerprint density at radius 2 is 0.944 bits per heavy atom. The second-order valence-electron chi connectivity index (χ2n) is 13.7. The van der Waals surface area contributed by atoms with Crippen LogP contribution in [0.4, 0.5) is 11.4 Å². The smallest absolute Gasteiger partial charge is 0.328 e. The number of methoxy groups -OCH3 is 3. The van der Waals surface area contributed by atoms with Crippen LogP contribution in [0.3, 0.4) is 0 Å². The molecule has 4 aliphatic heterocycles. The largest absolute Gasteiger partial charge is 0.497 e. The molecule has 4 saturated heterocycles. The molecule has 4 amide bonds. The second-order valence-corrected chi connectivity index (χ2v) is 13.7. The number of anilines is 2. The third kappa shape index (κ3) is 5.10. The van der Waals surface area contributed by atoms with Gasteiger partial charge in [0.25, 0.3) is 0 Å². The number of imide groups is 2. The monoisotopic (exact) mass is 723 g/mol. The SMILES string of the molecule is COC(=O)C12[C@@H]3C(=O)N(c4ccccc4)C(=O)[C@@H]3[C@H](/C=C/c3ccc(OC)cc3)N1[C@@H](/C=C/c1ccc(OC)cc1)[C@H]1C(=O)N(c3ccccc3)C(=O)[C@H]12. The van der Waals surface area contributed by atoms with E-state index in [0.717, 1.165) is 20.9 Å². The number of hydrogen-bond acceptors (Lipinski definition) is 9. The summed E-state index contributed by atoms with van der Waals surface area (Å²) in [6.07, 6.45) is 7.22. The van der Waals surface area contributed by atoms with Crippen molar-refractivity contribution in [1.82, 2.24) is 4.90 Å². The zero-order valence-corrected chi connectivity index (χ0v) is 29.8. The van der Waals surface area contributed by atoms with Gasteiger partial charge >= 0.3 is 5.97 Å². The molecule has 6 atom stereocenters. The van der Waals surface area contributed by atoms with Gasteiger partial charge < -0.3 is 14.2 Å². The molecule has 0 N–H and O–H groups in total. The molecule has 0 aliphatic carbocycles. The average Bonchev–Trinajstić information content (AvgIpc) is 3.86. The quantitative estimate of drug-likeness (QED) is 0.173. The summed E-state index contributed by atoms with van der Waals surface area (Å²) in [7, 11) is 4.34. The first-order valence-electron chi connectivity index (χ1n) is 17.6. The lowest BCUT2D eigenvalue weighted by Gasteiger charge is -2.40. The summed E-state index contributed by atoms with van der Waals surface area (Å²) in [6, 6.07) is 29.8. The number of ether oxygens (including phenoxy) is 3. The van der Waals surface area contributed by atoms with Gasteiger partial charge in [0.15, 0.2) is 0 Å². The van der Waals surface area contributed by atoms with Crippen LogP contribution >= 0.6 is 0 Å². The average molecular weight is 724 g/mol. The Morgan fingerprint density at radius 1 is 0.556 bits per heavy atom. The molecule has 0 bridgehead atoms. The van der Waals surface area contributed by atoms with Crippen LogP contribution in [0.15, 0.2) is 121 Å². The highest BCUT2D eigenvalue weighted by Crippen LogP contribution is 2.63. The molecule has 4 aliphatic rings. The Hall–Kier alpha value is -6.33. The van der Waals surface area contributed by atoms with Crippen molar-refractivity contribution in [3.8, 4) is 11.5 Å². The van der Waals surface area contributed by atoms with Gasteiger partial charge in [-0.2, -0.15) is 0 Å². The lowest BCUT2D eigenvalue weighted by atomic mass is 9.70. The first-order valence-corrected chi connectivity index (χ1v) is 17.6. The van der Waals surface area contributed by atoms with Crippen molar-refractivity contribution in [3.05, 3.63) is 132 Å². The maximum absolute atomic E-state index is 14.9. The molecule has 8 rings (SSSR count). The molecule has 272 valence electrons. The number of esters is 1. The first kappa shape index (κ1) is 34.7. The summed E-state index contributed by atoms with van der Waals surface area (Å²) < 4.78 is 16.2. The van der Waals surface area contributed by atoms with Gasteiger partial charge in [0.1, 0.15) is 17.0 Å². The van der Waals surface area contributed by atoms with Gasteiger partial charge in [-0.3, -0.25) is 24.1 Å². The number of amides is 4. The van der Waals surface area contributed by atoms with E-state index in [-0.39, 0.29) is 0 Å². The number of carbonyl (C=O) groups excluding carboxylic acids is 5. The van der Waals surface area contributed by atoms with Crippen LogP contribution in [0.5, 0.6) is 11.5 Å². The van der Waals surface area contributed by atoms with Crippen molar-refractivity contribution in [2.75, 3.05) is 31.1 Å². The minimum Gasteiger partial charge on any atom is -0.497 e. The normalized spacial score (nSPS) is 25.8. The van der Waals surface area contributed by atoms with Gasteiger partial charge in [0, 0.05) is 12.1 Å². The first-order chi connectivity index (χ1) is 26.3. The van der Waals surface area contributed by atoms with Crippen LogP contribution < -0.4 is 19.3 Å². The van der Waals surface area contributed by atoms with Gasteiger partial charge in [-0.15, -0.1) is 0 Å². The fourth-order valence-corrected chi connectivity index (χ4v) is 9.01. The Kier molecular flexibility index (Phi) is 8.74. The Bertz CT molecular complexity index is 2040. The standard InChI is InChI=1S/C43H37N3O8/c1-52-30-20-14-26(15-21-30)18-24-32-34-36(40(49)44(38(34)47)28-10-6-4-7-11-28)43(42(51)54-3)37-35(39(48)45(41(37)50)29-12-8-5-9-13-29)33(46(32)43)25-19-27-16-22-31(53-2)23-17-27/h4-25,32-37H,1-3H3/b24-18+,25-19+/t32-,33-,34+,35+,36-,37-/m0/s1. The molecule has 4 fully saturated rings. The van der Waals surface area contributed by atoms with E-state index in [2.05, 4.69) is 0 Å².